The molecular formula is C7H14BNO3. The monoisotopic (exact) mass is 171 g/mol. The number of hydrogen-bond donors (Lipinski definition) is 2. The predicted molar refractivity (Wildman–Crippen MR) is 45.8 cm³/mol. The second kappa shape index (κ2) is 3.91. The summed E-state index contributed by atoms with van der Waals surface area (Å²) in [6.07, 6.45) is 1.31. The molecule has 1 fully saturated rings. The van der Waals surface area contributed by atoms with Crippen LogP contribution >= 0.6 is 0 Å². The van der Waals surface area contributed by atoms with Crippen LogP contribution in [0.5, 0.6) is 0 Å². The number of carbonyl (C=O) groups is 1. The maximum atomic E-state index is 10.5. The summed E-state index contributed by atoms with van der Waals surface area (Å²) in [7, 11) is -0.445. The van der Waals surface area contributed by atoms with Crippen molar-refractivity contribution in [2.75, 3.05) is 13.1 Å². The Bertz CT molecular complexity index is 166. The van der Waals surface area contributed by atoms with Gasteiger partial charge in [0.25, 0.3) is 0 Å². The van der Waals surface area contributed by atoms with E-state index in [0.717, 1.165) is 0 Å². The zero-order valence-corrected chi connectivity index (χ0v) is 7.23. The van der Waals surface area contributed by atoms with Gasteiger partial charge in [-0.1, -0.05) is 0 Å². The van der Waals surface area contributed by atoms with Crippen molar-refractivity contribution in [1.29, 1.82) is 0 Å². The lowest BCUT2D eigenvalue weighted by Gasteiger charge is -2.30. The molecular weight excluding hydrogens is 157 g/mol. The Morgan fingerprint density at radius 3 is 2.33 bits per heavy atom. The molecule has 1 heterocycles. The molecule has 0 amide bonds. The van der Waals surface area contributed by atoms with Crippen molar-refractivity contribution in [3.05, 3.63) is 0 Å². The SMILES string of the molecule is CB(O)N1CCC(C(=O)O)CC1. The van der Waals surface area contributed by atoms with Gasteiger partial charge in [0.2, 0.25) is 0 Å². The number of carboxylic acid groups (broad SMARTS) is 1. The Labute approximate surface area is 72.3 Å². The van der Waals surface area contributed by atoms with Crippen LogP contribution in [-0.4, -0.2) is 41.1 Å². The van der Waals surface area contributed by atoms with Crippen molar-refractivity contribution in [3.63, 3.8) is 0 Å². The van der Waals surface area contributed by atoms with Crippen molar-refractivity contribution >= 4 is 13.0 Å². The fraction of sp³-hybridized carbons (Fsp3) is 0.857. The Hall–Kier alpha value is -0.545. The van der Waals surface area contributed by atoms with Gasteiger partial charge in [-0.2, -0.15) is 0 Å². The van der Waals surface area contributed by atoms with Gasteiger partial charge in [0.1, 0.15) is 0 Å². The Balaban J connectivity index is 2.34. The maximum absolute atomic E-state index is 10.5. The van der Waals surface area contributed by atoms with Gasteiger partial charge in [0, 0.05) is 0 Å². The van der Waals surface area contributed by atoms with E-state index in [1.54, 1.807) is 6.82 Å². The number of rotatable bonds is 2. The van der Waals surface area contributed by atoms with E-state index in [0.29, 0.717) is 25.9 Å². The van der Waals surface area contributed by atoms with Crippen LogP contribution in [0, 0.1) is 5.92 Å². The topological polar surface area (TPSA) is 60.8 Å². The molecule has 0 aromatic rings. The van der Waals surface area contributed by atoms with E-state index in [-0.39, 0.29) is 5.92 Å². The molecule has 0 aliphatic carbocycles. The van der Waals surface area contributed by atoms with Crippen LogP contribution < -0.4 is 0 Å². The first kappa shape index (κ1) is 9.54. The summed E-state index contributed by atoms with van der Waals surface area (Å²) in [5.41, 5.74) is 0. The average Bonchev–Trinajstić information content (AvgIpc) is 2.04. The summed E-state index contributed by atoms with van der Waals surface area (Å²) >= 11 is 0. The van der Waals surface area contributed by atoms with Gasteiger partial charge in [-0.05, 0) is 32.8 Å². The lowest BCUT2D eigenvalue weighted by molar-refractivity contribution is -0.143. The van der Waals surface area contributed by atoms with Gasteiger partial charge in [-0.3, -0.25) is 4.79 Å². The largest absolute Gasteiger partial charge is 0.481 e. The molecule has 2 N–H and O–H groups in total. The lowest BCUT2D eigenvalue weighted by atomic mass is 9.81. The van der Waals surface area contributed by atoms with Crippen LogP contribution in [0.1, 0.15) is 12.8 Å². The van der Waals surface area contributed by atoms with Gasteiger partial charge in [-0.15, -0.1) is 0 Å². The first-order chi connectivity index (χ1) is 5.61. The molecule has 0 spiro atoms. The summed E-state index contributed by atoms with van der Waals surface area (Å²) in [5.74, 6) is -0.916. The van der Waals surface area contributed by atoms with E-state index in [4.69, 9.17) is 5.11 Å². The van der Waals surface area contributed by atoms with E-state index in [9.17, 15) is 9.82 Å². The molecule has 1 saturated heterocycles. The van der Waals surface area contributed by atoms with Crippen molar-refractivity contribution in [3.8, 4) is 0 Å². The Morgan fingerprint density at radius 1 is 1.50 bits per heavy atom. The number of aliphatic carboxylic acids is 1. The summed E-state index contributed by atoms with van der Waals surface area (Å²) in [6.45, 7) is 3.09. The number of hydrogen-bond acceptors (Lipinski definition) is 3. The molecule has 0 unspecified atom stereocenters. The minimum absolute atomic E-state index is 0.208. The molecule has 0 saturated carbocycles. The molecule has 68 valence electrons. The van der Waals surface area contributed by atoms with Crippen LogP contribution in [0.4, 0.5) is 0 Å². The van der Waals surface area contributed by atoms with Crippen molar-refractivity contribution in [1.82, 2.24) is 4.81 Å². The molecule has 1 aliphatic rings. The second-order valence-corrected chi connectivity index (χ2v) is 3.28. The van der Waals surface area contributed by atoms with Crippen molar-refractivity contribution in [2.45, 2.75) is 19.7 Å². The van der Waals surface area contributed by atoms with Crippen molar-refractivity contribution < 1.29 is 14.9 Å². The minimum atomic E-state index is -0.708. The van der Waals surface area contributed by atoms with Gasteiger partial charge in [-0.25, -0.2) is 0 Å². The zero-order chi connectivity index (χ0) is 9.14. The predicted octanol–water partition coefficient (Wildman–Crippen LogP) is -0.107. The second-order valence-electron chi connectivity index (χ2n) is 3.28. The van der Waals surface area contributed by atoms with Gasteiger partial charge < -0.3 is 14.9 Å². The molecule has 0 radical (unpaired) electrons. The third-order valence-corrected chi connectivity index (χ3v) is 2.41. The first-order valence-electron chi connectivity index (χ1n) is 4.26. The molecule has 5 heteroatoms. The van der Waals surface area contributed by atoms with Gasteiger partial charge >= 0.3 is 13.0 Å². The fourth-order valence-electron chi connectivity index (χ4n) is 1.52. The summed E-state index contributed by atoms with van der Waals surface area (Å²) in [6, 6.07) is 0. The molecule has 4 nitrogen and oxygen atoms in total. The van der Waals surface area contributed by atoms with Gasteiger partial charge in [0.05, 0.1) is 5.92 Å². The van der Waals surface area contributed by atoms with E-state index in [1.165, 1.54) is 0 Å². The standard InChI is InChI=1S/C7H14BNO3/c1-8(12)9-4-2-6(3-5-9)7(10)11/h6,12H,2-5H2,1H3,(H,10,11). The zero-order valence-electron chi connectivity index (χ0n) is 7.23. The van der Waals surface area contributed by atoms with E-state index >= 15 is 0 Å². The highest BCUT2D eigenvalue weighted by molar-refractivity contribution is 6.45. The molecule has 0 aromatic carbocycles. The summed E-state index contributed by atoms with van der Waals surface area (Å²) < 4.78 is 0. The molecule has 1 aliphatic heterocycles. The van der Waals surface area contributed by atoms with Crippen LogP contribution in [0.3, 0.4) is 0 Å². The highest BCUT2D eigenvalue weighted by Crippen LogP contribution is 2.17. The third-order valence-electron chi connectivity index (χ3n) is 2.41. The van der Waals surface area contributed by atoms with Crippen molar-refractivity contribution in [2.24, 2.45) is 5.92 Å². The Kier molecular flexibility index (Phi) is 3.11. The number of nitrogens with zero attached hydrogens (tertiary/aromatic N) is 1. The van der Waals surface area contributed by atoms with Crippen LogP contribution in [0.25, 0.3) is 0 Å². The smallest absolute Gasteiger partial charge is 0.376 e. The highest BCUT2D eigenvalue weighted by Gasteiger charge is 2.27. The number of carboxylic acids is 1. The molecule has 0 atom stereocenters. The maximum Gasteiger partial charge on any atom is 0.376 e. The molecule has 12 heavy (non-hydrogen) atoms. The minimum Gasteiger partial charge on any atom is -0.481 e. The highest BCUT2D eigenvalue weighted by atomic mass is 16.4. The fourth-order valence-corrected chi connectivity index (χ4v) is 1.52. The van der Waals surface area contributed by atoms with E-state index < -0.39 is 13.0 Å². The quantitative estimate of drug-likeness (QED) is 0.569. The van der Waals surface area contributed by atoms with E-state index in [1.807, 2.05) is 4.81 Å². The molecule has 1 rings (SSSR count). The normalized spacial score (nSPS) is 20.8. The van der Waals surface area contributed by atoms with Crippen LogP contribution in [0.2, 0.25) is 6.82 Å². The van der Waals surface area contributed by atoms with Crippen LogP contribution in [-0.2, 0) is 4.79 Å². The summed E-state index contributed by atoms with van der Waals surface area (Å²) in [4.78, 5) is 12.4. The Morgan fingerprint density at radius 2 is 2.00 bits per heavy atom. The van der Waals surface area contributed by atoms with E-state index in [2.05, 4.69) is 0 Å². The molecule has 0 bridgehead atoms. The first-order valence-corrected chi connectivity index (χ1v) is 4.26. The number of piperidine rings is 1. The van der Waals surface area contributed by atoms with Crippen LogP contribution in [0.15, 0.2) is 0 Å². The van der Waals surface area contributed by atoms with Gasteiger partial charge in [0.15, 0.2) is 0 Å². The summed E-state index contributed by atoms with van der Waals surface area (Å²) in [5, 5.41) is 17.9. The molecule has 0 aromatic heterocycles. The lowest BCUT2D eigenvalue weighted by Crippen LogP contribution is -2.44. The third kappa shape index (κ3) is 2.22. The average molecular weight is 171 g/mol.